The van der Waals surface area contributed by atoms with Crippen molar-refractivity contribution >= 4 is 45.1 Å². The van der Waals surface area contributed by atoms with E-state index < -0.39 is 15.8 Å². The molecule has 11 heteroatoms. The van der Waals surface area contributed by atoms with Crippen LogP contribution >= 0.6 is 11.3 Å². The minimum atomic E-state index is -3.58. The predicted molar refractivity (Wildman–Crippen MR) is 118 cm³/mol. The van der Waals surface area contributed by atoms with Gasteiger partial charge >= 0.3 is 0 Å². The Morgan fingerprint density at radius 2 is 1.94 bits per heavy atom. The average Bonchev–Trinajstić information content (AvgIpc) is 3.18. The highest BCUT2D eigenvalue weighted by molar-refractivity contribution is 7.91. The zero-order chi connectivity index (χ0) is 22.3. The van der Waals surface area contributed by atoms with Gasteiger partial charge in [-0.05, 0) is 44.1 Å². The molecule has 9 nitrogen and oxygen atoms in total. The van der Waals surface area contributed by atoms with Gasteiger partial charge in [0.2, 0.25) is 5.91 Å². The fourth-order valence-electron chi connectivity index (χ4n) is 3.92. The maximum Gasteiger partial charge on any atom is 0.252 e. The van der Waals surface area contributed by atoms with Crippen LogP contribution in [0.25, 0.3) is 12.2 Å². The summed E-state index contributed by atoms with van der Waals surface area (Å²) < 4.78 is 44.7. The Hall–Kier alpha value is -2.05. The number of hydrogen-bond donors (Lipinski definition) is 1. The lowest BCUT2D eigenvalue weighted by atomic mass is 10.1. The topological polar surface area (TPSA) is 111 Å². The van der Waals surface area contributed by atoms with E-state index in [4.69, 9.17) is 14.0 Å². The molecule has 0 aromatic carbocycles. The summed E-state index contributed by atoms with van der Waals surface area (Å²) in [6.07, 6.45) is 6.35. The Labute approximate surface area is 190 Å². The van der Waals surface area contributed by atoms with E-state index in [0.29, 0.717) is 56.3 Å². The lowest BCUT2D eigenvalue weighted by molar-refractivity contribution is -0.179. The van der Waals surface area contributed by atoms with Gasteiger partial charge in [-0.15, -0.1) is 11.3 Å². The lowest BCUT2D eigenvalue weighted by Gasteiger charge is -2.36. The van der Waals surface area contributed by atoms with Crippen molar-refractivity contribution in [3.05, 3.63) is 28.5 Å². The van der Waals surface area contributed by atoms with Crippen LogP contribution in [0.4, 0.5) is 5.69 Å². The molecule has 2 saturated heterocycles. The van der Waals surface area contributed by atoms with E-state index in [2.05, 4.69) is 10.5 Å². The summed E-state index contributed by atoms with van der Waals surface area (Å²) in [7, 11) is -3.58. The van der Waals surface area contributed by atoms with Crippen molar-refractivity contribution in [3.8, 4) is 0 Å². The summed E-state index contributed by atoms with van der Waals surface area (Å²) in [4.78, 5) is 12.9. The Balaban J connectivity index is 1.27. The largest absolute Gasteiger partial charge is 0.354 e. The standard InChI is InChI=1S/C21H25N3O6S2/c1-14-19(22-20(25)15-2-3-15)17(30-23-14)6-4-16-5-7-18(31-16)32(26,27)24-10-8-21(9-11-24)28-12-13-29-21/h4-7,15H,2-3,8-13H2,1H3,(H,22,25). The number of nitrogens with one attached hydrogen (secondary N) is 1. The number of sulfonamides is 1. The van der Waals surface area contributed by atoms with Crippen LogP contribution in [0, 0.1) is 12.8 Å². The van der Waals surface area contributed by atoms with E-state index in [0.717, 1.165) is 17.7 Å². The highest BCUT2D eigenvalue weighted by atomic mass is 32.2. The molecule has 0 radical (unpaired) electrons. The van der Waals surface area contributed by atoms with Crippen LogP contribution in [0.1, 0.15) is 42.0 Å². The summed E-state index contributed by atoms with van der Waals surface area (Å²) in [5.74, 6) is -0.126. The van der Waals surface area contributed by atoms with Crippen LogP contribution in [-0.4, -0.2) is 55.9 Å². The van der Waals surface area contributed by atoms with E-state index in [9.17, 15) is 13.2 Å². The number of ether oxygens (including phenoxy) is 2. The number of carbonyl (C=O) groups is 1. The maximum atomic E-state index is 13.1. The van der Waals surface area contributed by atoms with Crippen LogP contribution in [0.3, 0.4) is 0 Å². The summed E-state index contributed by atoms with van der Waals surface area (Å²) in [6.45, 7) is 3.62. The molecule has 4 heterocycles. The van der Waals surface area contributed by atoms with Crippen LogP contribution in [0.5, 0.6) is 0 Å². The quantitative estimate of drug-likeness (QED) is 0.678. The first kappa shape index (κ1) is 21.8. The van der Waals surface area contributed by atoms with E-state index in [1.54, 1.807) is 31.2 Å². The number of nitrogens with zero attached hydrogens (tertiary/aromatic N) is 2. The zero-order valence-electron chi connectivity index (χ0n) is 17.7. The SMILES string of the molecule is Cc1noc(C=Cc2ccc(S(=O)(=O)N3CCC4(CC3)OCCO4)s2)c1NC(=O)C1CC1. The van der Waals surface area contributed by atoms with Gasteiger partial charge in [0.1, 0.15) is 15.6 Å². The number of aromatic nitrogens is 1. The molecular weight excluding hydrogens is 454 g/mol. The Morgan fingerprint density at radius 3 is 2.62 bits per heavy atom. The second kappa shape index (κ2) is 8.38. The first-order chi connectivity index (χ1) is 15.4. The third kappa shape index (κ3) is 4.27. The monoisotopic (exact) mass is 479 g/mol. The highest BCUT2D eigenvalue weighted by Crippen LogP contribution is 2.35. The number of aryl methyl sites for hydroxylation is 1. The van der Waals surface area contributed by atoms with E-state index in [-0.39, 0.29) is 16.0 Å². The second-order valence-electron chi connectivity index (χ2n) is 8.27. The van der Waals surface area contributed by atoms with Crippen LogP contribution in [0.15, 0.2) is 20.9 Å². The van der Waals surface area contributed by atoms with Crippen LogP contribution < -0.4 is 5.32 Å². The third-order valence-electron chi connectivity index (χ3n) is 5.98. The molecule has 0 unspecified atom stereocenters. The molecule has 3 fully saturated rings. The van der Waals surface area contributed by atoms with Gasteiger partial charge in [-0.2, -0.15) is 4.31 Å². The molecule has 3 aliphatic rings. The molecule has 2 aliphatic heterocycles. The van der Waals surface area contributed by atoms with Gasteiger partial charge in [0, 0.05) is 36.7 Å². The normalized spacial score (nSPS) is 21.5. The first-order valence-corrected chi connectivity index (χ1v) is 13.0. The Morgan fingerprint density at radius 1 is 1.22 bits per heavy atom. The van der Waals surface area contributed by atoms with Crippen LogP contribution in [-0.2, 0) is 24.3 Å². The van der Waals surface area contributed by atoms with Crippen molar-refractivity contribution in [2.24, 2.45) is 5.92 Å². The molecule has 1 spiro atoms. The molecule has 172 valence electrons. The molecule has 1 N–H and O–H groups in total. The Kier molecular flexibility index (Phi) is 5.70. The van der Waals surface area contributed by atoms with E-state index in [1.807, 2.05) is 0 Å². The fraction of sp³-hybridized carbons (Fsp3) is 0.524. The van der Waals surface area contributed by atoms with Crippen molar-refractivity contribution in [2.45, 2.75) is 42.6 Å². The second-order valence-corrected chi connectivity index (χ2v) is 11.6. The number of piperidine rings is 1. The van der Waals surface area contributed by atoms with E-state index in [1.165, 1.54) is 15.6 Å². The summed E-state index contributed by atoms with van der Waals surface area (Å²) in [6, 6.07) is 3.38. The van der Waals surface area contributed by atoms with Gasteiger partial charge < -0.3 is 19.3 Å². The lowest BCUT2D eigenvalue weighted by Crippen LogP contribution is -2.47. The molecule has 0 bridgehead atoms. The fourth-order valence-corrected chi connectivity index (χ4v) is 6.75. The Bertz CT molecular complexity index is 1130. The molecule has 0 atom stereocenters. The highest BCUT2D eigenvalue weighted by Gasteiger charge is 2.43. The van der Waals surface area contributed by atoms with Crippen molar-refractivity contribution in [3.63, 3.8) is 0 Å². The number of amides is 1. The zero-order valence-corrected chi connectivity index (χ0v) is 19.3. The van der Waals surface area contributed by atoms with Crippen LogP contribution in [0.2, 0.25) is 0 Å². The van der Waals surface area contributed by atoms with Crippen molar-refractivity contribution in [2.75, 3.05) is 31.6 Å². The minimum Gasteiger partial charge on any atom is -0.354 e. The first-order valence-electron chi connectivity index (χ1n) is 10.7. The molecule has 5 rings (SSSR count). The average molecular weight is 480 g/mol. The molecule has 2 aromatic heterocycles. The van der Waals surface area contributed by atoms with E-state index >= 15 is 0 Å². The molecule has 2 aromatic rings. The van der Waals surface area contributed by atoms with Gasteiger partial charge in [-0.3, -0.25) is 4.79 Å². The summed E-state index contributed by atoms with van der Waals surface area (Å²) >= 11 is 1.19. The van der Waals surface area contributed by atoms with Gasteiger partial charge in [-0.1, -0.05) is 5.16 Å². The number of thiophene rings is 1. The summed E-state index contributed by atoms with van der Waals surface area (Å²) in [5.41, 5.74) is 1.16. The molecule has 1 saturated carbocycles. The van der Waals surface area contributed by atoms with Gasteiger partial charge in [0.15, 0.2) is 11.5 Å². The predicted octanol–water partition coefficient (Wildman–Crippen LogP) is 3.09. The summed E-state index contributed by atoms with van der Waals surface area (Å²) in [5, 5.41) is 6.82. The van der Waals surface area contributed by atoms with Gasteiger partial charge in [0.05, 0.1) is 13.2 Å². The number of rotatable bonds is 6. The third-order valence-corrected chi connectivity index (χ3v) is 9.40. The molecular formula is C21H25N3O6S2. The number of anilines is 1. The maximum absolute atomic E-state index is 13.1. The van der Waals surface area contributed by atoms with Gasteiger partial charge in [-0.25, -0.2) is 8.42 Å². The van der Waals surface area contributed by atoms with Gasteiger partial charge in [0.25, 0.3) is 10.0 Å². The van der Waals surface area contributed by atoms with Crippen molar-refractivity contribution in [1.82, 2.24) is 9.46 Å². The molecule has 1 aliphatic carbocycles. The van der Waals surface area contributed by atoms with Crippen molar-refractivity contribution < 1.29 is 27.2 Å². The van der Waals surface area contributed by atoms with Crippen molar-refractivity contribution in [1.29, 1.82) is 0 Å². The smallest absolute Gasteiger partial charge is 0.252 e. The molecule has 1 amide bonds. The molecule has 32 heavy (non-hydrogen) atoms. The number of hydrogen-bond acceptors (Lipinski definition) is 8. The minimum absolute atomic E-state index is 0.0211. The number of carbonyl (C=O) groups excluding carboxylic acids is 1.